The minimum absolute atomic E-state index is 0.225. The molecule has 0 radical (unpaired) electrons. The zero-order chi connectivity index (χ0) is 15.4. The van der Waals surface area contributed by atoms with Gasteiger partial charge in [0.2, 0.25) is 0 Å². The molecule has 108 valence electrons. The van der Waals surface area contributed by atoms with Gasteiger partial charge in [-0.15, -0.1) is 0 Å². The van der Waals surface area contributed by atoms with E-state index in [1.54, 1.807) is 32.2 Å². The average Bonchev–Trinajstić information content (AvgIpc) is 2.96. The van der Waals surface area contributed by atoms with E-state index in [1.807, 2.05) is 18.2 Å². The number of carbonyl (C=O) groups excluding carboxylic acids is 1. The van der Waals surface area contributed by atoms with Crippen LogP contribution in [0.25, 0.3) is 11.3 Å². The third-order valence-electron chi connectivity index (χ3n) is 3.07. The third-order valence-corrected chi connectivity index (χ3v) is 3.40. The number of benzene rings is 1. The highest BCUT2D eigenvalue weighted by atomic mass is 35.5. The highest BCUT2D eigenvalue weighted by Crippen LogP contribution is 2.29. The van der Waals surface area contributed by atoms with Crippen molar-refractivity contribution in [2.75, 3.05) is 13.6 Å². The van der Waals surface area contributed by atoms with Gasteiger partial charge in [-0.25, -0.2) is 0 Å². The molecule has 2 aromatic rings. The van der Waals surface area contributed by atoms with Gasteiger partial charge in [0.25, 0.3) is 5.91 Å². The molecule has 0 fully saturated rings. The Balaban J connectivity index is 2.19. The van der Waals surface area contributed by atoms with Crippen molar-refractivity contribution in [3.8, 4) is 17.4 Å². The lowest BCUT2D eigenvalue weighted by atomic mass is 10.2. The molecule has 0 aliphatic heterocycles. The number of hydrogen-bond acceptors (Lipinski definition) is 3. The van der Waals surface area contributed by atoms with E-state index < -0.39 is 0 Å². The van der Waals surface area contributed by atoms with E-state index in [0.29, 0.717) is 17.3 Å². The number of furan rings is 1. The first kappa shape index (κ1) is 15.1. The van der Waals surface area contributed by atoms with Crippen molar-refractivity contribution in [3.05, 3.63) is 47.2 Å². The van der Waals surface area contributed by atoms with Gasteiger partial charge in [-0.05, 0) is 31.2 Å². The molecule has 0 saturated heterocycles. The molecule has 1 aromatic heterocycles. The molecule has 0 bridgehead atoms. The Morgan fingerprint density at radius 2 is 2.10 bits per heavy atom. The molecule has 0 spiro atoms. The highest BCUT2D eigenvalue weighted by molar-refractivity contribution is 6.33. The average molecular weight is 303 g/mol. The summed E-state index contributed by atoms with van der Waals surface area (Å²) in [5.74, 6) is 0.301. The summed E-state index contributed by atoms with van der Waals surface area (Å²) in [7, 11) is 1.65. The van der Waals surface area contributed by atoms with Gasteiger partial charge in [-0.1, -0.05) is 23.7 Å². The number of halogens is 1. The predicted molar refractivity (Wildman–Crippen MR) is 80.9 cm³/mol. The van der Waals surface area contributed by atoms with Gasteiger partial charge >= 0.3 is 0 Å². The van der Waals surface area contributed by atoms with Crippen LogP contribution in [0, 0.1) is 17.2 Å². The van der Waals surface area contributed by atoms with E-state index in [4.69, 9.17) is 21.3 Å². The van der Waals surface area contributed by atoms with E-state index in [1.165, 1.54) is 4.90 Å². The lowest BCUT2D eigenvalue weighted by Crippen LogP contribution is -2.30. The summed E-state index contributed by atoms with van der Waals surface area (Å²) in [5, 5.41) is 9.36. The van der Waals surface area contributed by atoms with E-state index in [2.05, 4.69) is 6.07 Å². The normalized spacial score (nSPS) is 11.7. The molecule has 0 unspecified atom stereocenters. The molecule has 1 atom stereocenters. The third kappa shape index (κ3) is 3.45. The smallest absolute Gasteiger partial charge is 0.289 e. The van der Waals surface area contributed by atoms with Gasteiger partial charge in [-0.2, -0.15) is 5.26 Å². The Morgan fingerprint density at radius 3 is 2.76 bits per heavy atom. The number of nitrogens with zero attached hydrogens (tertiary/aromatic N) is 2. The number of hydrogen-bond donors (Lipinski definition) is 0. The summed E-state index contributed by atoms with van der Waals surface area (Å²) in [6.07, 6.45) is 0. The standard InChI is InChI=1S/C16H15ClN2O2/c1-11(9-18)10-19(2)16(20)15-8-7-14(21-15)12-5-3-4-6-13(12)17/h3-8,11H,10H2,1-2H3/t11-/m0/s1. The minimum Gasteiger partial charge on any atom is -0.451 e. The zero-order valence-electron chi connectivity index (χ0n) is 11.8. The van der Waals surface area contributed by atoms with E-state index >= 15 is 0 Å². The molecular weight excluding hydrogens is 288 g/mol. The lowest BCUT2D eigenvalue weighted by Gasteiger charge is -2.16. The Kier molecular flexibility index (Phi) is 4.66. The largest absolute Gasteiger partial charge is 0.451 e. The number of nitriles is 1. The first-order chi connectivity index (χ1) is 10.0. The van der Waals surface area contributed by atoms with Crippen LogP contribution in [0.3, 0.4) is 0 Å². The number of amides is 1. The molecule has 1 amide bonds. The molecule has 21 heavy (non-hydrogen) atoms. The van der Waals surface area contributed by atoms with Crippen molar-refractivity contribution in [2.45, 2.75) is 6.92 Å². The van der Waals surface area contributed by atoms with Gasteiger partial charge in [-0.3, -0.25) is 4.79 Å². The van der Waals surface area contributed by atoms with Crippen LogP contribution in [0.5, 0.6) is 0 Å². The summed E-state index contributed by atoms with van der Waals surface area (Å²) >= 11 is 6.11. The second-order valence-corrected chi connectivity index (χ2v) is 5.27. The topological polar surface area (TPSA) is 57.2 Å². The van der Waals surface area contributed by atoms with Gasteiger partial charge in [0.15, 0.2) is 5.76 Å². The van der Waals surface area contributed by atoms with Gasteiger partial charge in [0, 0.05) is 19.2 Å². The SMILES string of the molecule is C[C@@H](C#N)CN(C)C(=O)c1ccc(-c2ccccc2Cl)o1. The van der Waals surface area contributed by atoms with Crippen LogP contribution in [0.2, 0.25) is 5.02 Å². The van der Waals surface area contributed by atoms with E-state index in [0.717, 1.165) is 5.56 Å². The van der Waals surface area contributed by atoms with Crippen molar-refractivity contribution >= 4 is 17.5 Å². The Morgan fingerprint density at radius 1 is 1.38 bits per heavy atom. The van der Waals surface area contributed by atoms with Crippen LogP contribution in [-0.4, -0.2) is 24.4 Å². The summed E-state index contributed by atoms with van der Waals surface area (Å²) in [6.45, 7) is 2.12. The molecule has 1 aromatic carbocycles. The Labute approximate surface area is 128 Å². The fourth-order valence-electron chi connectivity index (χ4n) is 1.98. The van der Waals surface area contributed by atoms with Crippen LogP contribution in [0.15, 0.2) is 40.8 Å². The summed E-state index contributed by atoms with van der Waals surface area (Å²) < 4.78 is 5.59. The summed E-state index contributed by atoms with van der Waals surface area (Å²) in [4.78, 5) is 13.7. The van der Waals surface area contributed by atoms with Crippen molar-refractivity contribution < 1.29 is 9.21 Å². The molecule has 0 aliphatic rings. The van der Waals surface area contributed by atoms with Crippen LogP contribution in [0.1, 0.15) is 17.5 Å². The maximum Gasteiger partial charge on any atom is 0.289 e. The predicted octanol–water partition coefficient (Wildman–Crippen LogP) is 3.83. The quantitative estimate of drug-likeness (QED) is 0.862. The maximum atomic E-state index is 12.2. The van der Waals surface area contributed by atoms with Crippen LogP contribution >= 0.6 is 11.6 Å². The van der Waals surface area contributed by atoms with Crippen molar-refractivity contribution in [1.82, 2.24) is 4.90 Å². The van der Waals surface area contributed by atoms with Crippen LogP contribution in [-0.2, 0) is 0 Å². The second kappa shape index (κ2) is 6.47. The first-order valence-electron chi connectivity index (χ1n) is 6.52. The number of carbonyl (C=O) groups is 1. The molecule has 0 N–H and O–H groups in total. The van der Waals surface area contributed by atoms with Crippen molar-refractivity contribution in [1.29, 1.82) is 5.26 Å². The lowest BCUT2D eigenvalue weighted by molar-refractivity contribution is 0.0754. The van der Waals surface area contributed by atoms with Gasteiger partial charge < -0.3 is 9.32 Å². The first-order valence-corrected chi connectivity index (χ1v) is 6.90. The molecule has 2 rings (SSSR count). The molecule has 4 nitrogen and oxygen atoms in total. The fourth-order valence-corrected chi connectivity index (χ4v) is 2.21. The van der Waals surface area contributed by atoms with E-state index in [-0.39, 0.29) is 17.6 Å². The highest BCUT2D eigenvalue weighted by Gasteiger charge is 2.18. The van der Waals surface area contributed by atoms with Crippen molar-refractivity contribution in [2.24, 2.45) is 5.92 Å². The minimum atomic E-state index is -0.254. The van der Waals surface area contributed by atoms with Crippen LogP contribution in [0.4, 0.5) is 0 Å². The molecule has 0 aliphatic carbocycles. The molecule has 0 saturated carbocycles. The monoisotopic (exact) mass is 302 g/mol. The maximum absolute atomic E-state index is 12.2. The number of rotatable bonds is 4. The molecule has 1 heterocycles. The Bertz CT molecular complexity index is 688. The second-order valence-electron chi connectivity index (χ2n) is 4.86. The summed E-state index contributed by atoms with van der Waals surface area (Å²) in [6, 6.07) is 12.7. The summed E-state index contributed by atoms with van der Waals surface area (Å²) in [5.41, 5.74) is 0.742. The van der Waals surface area contributed by atoms with E-state index in [9.17, 15) is 4.79 Å². The molecular formula is C16H15ClN2O2. The zero-order valence-corrected chi connectivity index (χ0v) is 12.6. The fraction of sp³-hybridized carbons (Fsp3) is 0.250. The van der Waals surface area contributed by atoms with Gasteiger partial charge in [0.1, 0.15) is 5.76 Å². The van der Waals surface area contributed by atoms with Gasteiger partial charge in [0.05, 0.1) is 17.0 Å². The molecule has 5 heteroatoms. The van der Waals surface area contributed by atoms with Crippen LogP contribution < -0.4 is 0 Å². The Hall–Kier alpha value is -2.25. The van der Waals surface area contributed by atoms with Crippen molar-refractivity contribution in [3.63, 3.8) is 0 Å².